The molecule has 13 heavy (non-hydrogen) atoms. The fourth-order valence-corrected chi connectivity index (χ4v) is 2.51. The fourth-order valence-electron chi connectivity index (χ4n) is 1.78. The molecule has 1 aromatic carbocycles. The lowest BCUT2D eigenvalue weighted by Gasteiger charge is -2.21. The molecule has 1 aliphatic carbocycles. The minimum atomic E-state index is -0.484. The molecule has 0 saturated carbocycles. The van der Waals surface area contributed by atoms with Crippen molar-refractivity contribution in [2.24, 2.45) is 0 Å². The first-order chi connectivity index (χ1) is 6.18. The van der Waals surface area contributed by atoms with Gasteiger partial charge >= 0.3 is 0 Å². The quantitative estimate of drug-likeness (QED) is 0.612. The standard InChI is InChI=1S/C10H9BrF2/c11-9-3-1-2-7-8(9)4-6(12)5-10(7)13/h4-5,9H,1-3H2. The predicted molar refractivity (Wildman–Crippen MR) is 51.0 cm³/mol. The molecule has 0 aromatic heterocycles. The lowest BCUT2D eigenvalue weighted by atomic mass is 9.91. The Balaban J connectivity index is 2.56. The van der Waals surface area contributed by atoms with Gasteiger partial charge in [0.2, 0.25) is 0 Å². The zero-order chi connectivity index (χ0) is 9.42. The lowest BCUT2D eigenvalue weighted by molar-refractivity contribution is 0.547. The van der Waals surface area contributed by atoms with Gasteiger partial charge in [0.05, 0.1) is 0 Å². The number of fused-ring (bicyclic) bond motifs is 1. The number of hydrogen-bond donors (Lipinski definition) is 0. The molecule has 0 N–H and O–H groups in total. The van der Waals surface area contributed by atoms with Crippen LogP contribution in [0.15, 0.2) is 12.1 Å². The third kappa shape index (κ3) is 1.62. The molecule has 0 nitrogen and oxygen atoms in total. The maximum Gasteiger partial charge on any atom is 0.129 e. The Morgan fingerprint density at radius 3 is 2.85 bits per heavy atom. The summed E-state index contributed by atoms with van der Waals surface area (Å²) >= 11 is 3.42. The number of benzene rings is 1. The molecule has 0 radical (unpaired) electrons. The van der Waals surface area contributed by atoms with Crippen molar-refractivity contribution in [3.05, 3.63) is 34.9 Å². The Kier molecular flexibility index (Phi) is 2.37. The Hall–Kier alpha value is -0.440. The Bertz CT molecular complexity index is 336. The molecule has 70 valence electrons. The Morgan fingerprint density at radius 2 is 2.08 bits per heavy atom. The smallest absolute Gasteiger partial charge is 0.129 e. The van der Waals surface area contributed by atoms with Gasteiger partial charge in [-0.2, -0.15) is 0 Å². The molecular formula is C10H9BrF2. The first kappa shape index (κ1) is 9.13. The number of hydrogen-bond acceptors (Lipinski definition) is 0. The Labute approximate surface area is 84.1 Å². The molecular weight excluding hydrogens is 238 g/mol. The third-order valence-corrected chi connectivity index (χ3v) is 3.37. The van der Waals surface area contributed by atoms with Gasteiger partial charge in [-0.25, -0.2) is 8.78 Å². The highest BCUT2D eigenvalue weighted by Crippen LogP contribution is 2.37. The van der Waals surface area contributed by atoms with Gasteiger partial charge in [-0.15, -0.1) is 0 Å². The van der Waals surface area contributed by atoms with E-state index in [2.05, 4.69) is 15.9 Å². The third-order valence-electron chi connectivity index (χ3n) is 2.42. The minimum absolute atomic E-state index is 0.112. The summed E-state index contributed by atoms with van der Waals surface area (Å²) in [6.07, 6.45) is 2.64. The summed E-state index contributed by atoms with van der Waals surface area (Å²) in [5.74, 6) is -0.887. The average Bonchev–Trinajstić information content (AvgIpc) is 2.07. The van der Waals surface area contributed by atoms with E-state index in [1.807, 2.05) is 0 Å². The van der Waals surface area contributed by atoms with Crippen LogP contribution in [0, 0.1) is 11.6 Å². The van der Waals surface area contributed by atoms with Crippen LogP contribution in [-0.4, -0.2) is 0 Å². The summed E-state index contributed by atoms with van der Waals surface area (Å²) in [7, 11) is 0. The van der Waals surface area contributed by atoms with Crippen molar-refractivity contribution in [1.29, 1.82) is 0 Å². The molecule has 0 amide bonds. The second-order valence-corrected chi connectivity index (χ2v) is 4.42. The molecule has 0 saturated heterocycles. The topological polar surface area (TPSA) is 0 Å². The predicted octanol–water partition coefficient (Wildman–Crippen LogP) is 3.74. The van der Waals surface area contributed by atoms with Gasteiger partial charge < -0.3 is 0 Å². The molecule has 2 rings (SSSR count). The van der Waals surface area contributed by atoms with Crippen LogP contribution in [0.3, 0.4) is 0 Å². The highest BCUT2D eigenvalue weighted by atomic mass is 79.9. The minimum Gasteiger partial charge on any atom is -0.207 e. The zero-order valence-corrected chi connectivity index (χ0v) is 8.57. The van der Waals surface area contributed by atoms with Crippen molar-refractivity contribution in [2.75, 3.05) is 0 Å². The lowest BCUT2D eigenvalue weighted by Crippen LogP contribution is -2.08. The van der Waals surface area contributed by atoms with Crippen LogP contribution in [0.2, 0.25) is 0 Å². The van der Waals surface area contributed by atoms with E-state index < -0.39 is 11.6 Å². The van der Waals surface area contributed by atoms with Crippen molar-refractivity contribution >= 4 is 15.9 Å². The Morgan fingerprint density at radius 1 is 1.31 bits per heavy atom. The second-order valence-electron chi connectivity index (χ2n) is 3.32. The summed E-state index contributed by atoms with van der Waals surface area (Å²) in [6, 6.07) is 2.39. The largest absolute Gasteiger partial charge is 0.207 e. The van der Waals surface area contributed by atoms with Crippen LogP contribution in [0.1, 0.15) is 28.8 Å². The molecule has 0 spiro atoms. The van der Waals surface area contributed by atoms with Crippen LogP contribution in [0.25, 0.3) is 0 Å². The van der Waals surface area contributed by atoms with Crippen LogP contribution >= 0.6 is 15.9 Å². The summed E-state index contributed by atoms with van der Waals surface area (Å²) in [6.45, 7) is 0. The number of rotatable bonds is 0. The SMILES string of the molecule is Fc1cc(F)c2c(c1)C(Br)CCC2. The maximum atomic E-state index is 13.2. The highest BCUT2D eigenvalue weighted by Gasteiger charge is 2.21. The highest BCUT2D eigenvalue weighted by molar-refractivity contribution is 9.09. The van der Waals surface area contributed by atoms with Crippen LogP contribution in [0.5, 0.6) is 0 Å². The first-order valence-corrected chi connectivity index (χ1v) is 5.22. The molecule has 0 bridgehead atoms. The molecule has 3 heteroatoms. The van der Waals surface area contributed by atoms with Crippen molar-refractivity contribution in [3.8, 4) is 0 Å². The van der Waals surface area contributed by atoms with E-state index in [0.29, 0.717) is 5.56 Å². The average molecular weight is 247 g/mol. The molecule has 0 fully saturated rings. The van der Waals surface area contributed by atoms with E-state index in [1.165, 1.54) is 6.07 Å². The van der Waals surface area contributed by atoms with Gasteiger partial charge in [0.1, 0.15) is 11.6 Å². The van der Waals surface area contributed by atoms with Crippen molar-refractivity contribution in [2.45, 2.75) is 24.1 Å². The van der Waals surface area contributed by atoms with Crippen LogP contribution in [-0.2, 0) is 6.42 Å². The van der Waals surface area contributed by atoms with E-state index >= 15 is 0 Å². The summed E-state index contributed by atoms with van der Waals surface area (Å²) in [5, 5.41) is 0. The van der Waals surface area contributed by atoms with E-state index in [-0.39, 0.29) is 4.83 Å². The second kappa shape index (κ2) is 3.37. The van der Waals surface area contributed by atoms with Gasteiger partial charge in [-0.05, 0) is 36.5 Å². The molecule has 0 heterocycles. The van der Waals surface area contributed by atoms with Gasteiger partial charge in [0.15, 0.2) is 0 Å². The normalized spacial score (nSPS) is 21.3. The van der Waals surface area contributed by atoms with Gasteiger partial charge in [-0.1, -0.05) is 15.9 Å². The summed E-state index contributed by atoms with van der Waals surface area (Å²) in [4.78, 5) is 0.112. The number of halogens is 3. The van der Waals surface area contributed by atoms with Gasteiger partial charge in [0.25, 0.3) is 0 Å². The van der Waals surface area contributed by atoms with Crippen LogP contribution in [0.4, 0.5) is 8.78 Å². The van der Waals surface area contributed by atoms with E-state index in [0.717, 1.165) is 30.9 Å². The van der Waals surface area contributed by atoms with Gasteiger partial charge in [-0.3, -0.25) is 0 Å². The zero-order valence-electron chi connectivity index (χ0n) is 6.99. The van der Waals surface area contributed by atoms with Gasteiger partial charge in [0, 0.05) is 10.9 Å². The first-order valence-electron chi connectivity index (χ1n) is 4.30. The molecule has 1 aromatic rings. The van der Waals surface area contributed by atoms with E-state index in [4.69, 9.17) is 0 Å². The van der Waals surface area contributed by atoms with Crippen molar-refractivity contribution < 1.29 is 8.78 Å². The maximum absolute atomic E-state index is 13.2. The van der Waals surface area contributed by atoms with Crippen LogP contribution < -0.4 is 0 Å². The molecule has 0 aliphatic heterocycles. The molecule has 1 atom stereocenters. The monoisotopic (exact) mass is 246 g/mol. The van der Waals surface area contributed by atoms with E-state index in [1.54, 1.807) is 0 Å². The van der Waals surface area contributed by atoms with Crippen molar-refractivity contribution in [3.63, 3.8) is 0 Å². The summed E-state index contributed by atoms with van der Waals surface area (Å²) in [5.41, 5.74) is 1.46. The summed E-state index contributed by atoms with van der Waals surface area (Å²) < 4.78 is 26.1. The fraction of sp³-hybridized carbons (Fsp3) is 0.400. The molecule has 1 unspecified atom stereocenters. The van der Waals surface area contributed by atoms with Crippen molar-refractivity contribution in [1.82, 2.24) is 0 Å². The number of alkyl halides is 1. The molecule has 1 aliphatic rings. The van der Waals surface area contributed by atoms with E-state index in [9.17, 15) is 8.78 Å².